The number of benzene rings is 2. The third-order valence-corrected chi connectivity index (χ3v) is 5.51. The molecule has 1 atom stereocenters. The molecule has 0 bridgehead atoms. The summed E-state index contributed by atoms with van der Waals surface area (Å²) in [6.07, 6.45) is 1.39. The molecule has 0 spiro atoms. The van der Waals surface area contributed by atoms with Crippen LogP contribution in [0, 0.1) is 24.5 Å². The van der Waals surface area contributed by atoms with Crippen LogP contribution in [-0.2, 0) is 9.59 Å². The zero-order valence-corrected chi connectivity index (χ0v) is 19.2. The van der Waals surface area contributed by atoms with Gasteiger partial charge in [0, 0.05) is 29.3 Å². The number of nitrogens with one attached hydrogen (secondary N) is 1. The SMILES string of the molecule is Cc1cc(Br)ccc1NC(=O)CN(C)C(=O)C(C(C)C)n1cnc2cc(F)c(F)cc21. The maximum absolute atomic E-state index is 13.8. The van der Waals surface area contributed by atoms with Crippen LogP contribution in [0.15, 0.2) is 41.1 Å². The number of halogens is 3. The second kappa shape index (κ2) is 9.13. The second-order valence-corrected chi connectivity index (χ2v) is 8.71. The first kappa shape index (κ1) is 22.9. The van der Waals surface area contributed by atoms with Crippen molar-refractivity contribution in [3.63, 3.8) is 0 Å². The number of likely N-dealkylation sites (N-methyl/N-ethyl adjacent to an activating group) is 1. The Morgan fingerprint density at radius 1 is 1.19 bits per heavy atom. The van der Waals surface area contributed by atoms with Crippen LogP contribution in [0.2, 0.25) is 0 Å². The molecule has 2 aromatic carbocycles. The maximum Gasteiger partial charge on any atom is 0.246 e. The average molecular weight is 493 g/mol. The first-order valence-electron chi connectivity index (χ1n) is 9.71. The zero-order valence-electron chi connectivity index (χ0n) is 17.6. The summed E-state index contributed by atoms with van der Waals surface area (Å²) >= 11 is 3.38. The van der Waals surface area contributed by atoms with Crippen molar-refractivity contribution in [2.45, 2.75) is 26.8 Å². The number of carbonyl (C=O) groups is 2. The molecule has 164 valence electrons. The highest BCUT2D eigenvalue weighted by Gasteiger charge is 2.29. The van der Waals surface area contributed by atoms with Crippen LogP contribution in [0.3, 0.4) is 0 Å². The average Bonchev–Trinajstić information content (AvgIpc) is 3.06. The number of rotatable bonds is 6. The van der Waals surface area contributed by atoms with E-state index in [1.807, 2.05) is 32.9 Å². The van der Waals surface area contributed by atoms with Gasteiger partial charge in [0.15, 0.2) is 11.6 Å². The third kappa shape index (κ3) is 4.92. The van der Waals surface area contributed by atoms with E-state index in [0.29, 0.717) is 11.2 Å². The fourth-order valence-electron chi connectivity index (χ4n) is 3.45. The summed E-state index contributed by atoms with van der Waals surface area (Å²) in [5.41, 5.74) is 2.11. The minimum Gasteiger partial charge on any atom is -0.335 e. The van der Waals surface area contributed by atoms with Crippen molar-refractivity contribution in [3.05, 3.63) is 58.3 Å². The molecule has 1 aromatic heterocycles. The summed E-state index contributed by atoms with van der Waals surface area (Å²) in [6, 6.07) is 6.77. The largest absolute Gasteiger partial charge is 0.335 e. The molecule has 0 aliphatic carbocycles. The Balaban J connectivity index is 1.80. The van der Waals surface area contributed by atoms with Crippen LogP contribution in [0.1, 0.15) is 25.5 Å². The van der Waals surface area contributed by atoms with Gasteiger partial charge in [-0.2, -0.15) is 0 Å². The lowest BCUT2D eigenvalue weighted by Gasteiger charge is -2.27. The number of nitrogens with zero attached hydrogens (tertiary/aromatic N) is 3. The van der Waals surface area contributed by atoms with E-state index in [0.717, 1.165) is 22.2 Å². The molecule has 0 saturated carbocycles. The number of aromatic nitrogens is 2. The molecule has 0 radical (unpaired) electrons. The van der Waals surface area contributed by atoms with Gasteiger partial charge in [-0.05, 0) is 36.6 Å². The molecule has 1 unspecified atom stereocenters. The number of imidazole rings is 1. The highest BCUT2D eigenvalue weighted by molar-refractivity contribution is 9.10. The number of hydrogen-bond acceptors (Lipinski definition) is 3. The van der Waals surface area contributed by atoms with Gasteiger partial charge in [0.25, 0.3) is 0 Å². The molecule has 3 aromatic rings. The van der Waals surface area contributed by atoms with E-state index < -0.39 is 17.7 Å². The van der Waals surface area contributed by atoms with Crippen LogP contribution < -0.4 is 5.32 Å². The van der Waals surface area contributed by atoms with Gasteiger partial charge in [-0.15, -0.1) is 0 Å². The van der Waals surface area contributed by atoms with Gasteiger partial charge in [0.1, 0.15) is 6.04 Å². The highest BCUT2D eigenvalue weighted by Crippen LogP contribution is 2.27. The smallest absolute Gasteiger partial charge is 0.246 e. The molecule has 6 nitrogen and oxygen atoms in total. The Labute approximate surface area is 187 Å². The normalized spacial score (nSPS) is 12.3. The zero-order chi connectivity index (χ0) is 22.9. The maximum atomic E-state index is 13.8. The number of carbonyl (C=O) groups excluding carboxylic acids is 2. The molecule has 0 aliphatic rings. The lowest BCUT2D eigenvalue weighted by Crippen LogP contribution is -2.41. The van der Waals surface area contributed by atoms with Crippen LogP contribution in [0.25, 0.3) is 11.0 Å². The van der Waals surface area contributed by atoms with Gasteiger partial charge in [0.05, 0.1) is 23.9 Å². The molecule has 9 heteroatoms. The van der Waals surface area contributed by atoms with Crippen LogP contribution in [0.4, 0.5) is 14.5 Å². The highest BCUT2D eigenvalue weighted by atomic mass is 79.9. The molecule has 1 heterocycles. The van der Waals surface area contributed by atoms with Crippen LogP contribution >= 0.6 is 15.9 Å². The number of hydrogen-bond donors (Lipinski definition) is 1. The first-order valence-corrected chi connectivity index (χ1v) is 10.5. The van der Waals surface area contributed by atoms with Crippen LogP contribution in [-0.4, -0.2) is 39.9 Å². The Morgan fingerprint density at radius 2 is 1.87 bits per heavy atom. The number of aryl methyl sites for hydroxylation is 1. The van der Waals surface area contributed by atoms with Gasteiger partial charge in [-0.25, -0.2) is 13.8 Å². The topological polar surface area (TPSA) is 67.2 Å². The number of fused-ring (bicyclic) bond motifs is 1. The van der Waals surface area contributed by atoms with Gasteiger partial charge >= 0.3 is 0 Å². The molecule has 31 heavy (non-hydrogen) atoms. The van der Waals surface area contributed by atoms with Crippen molar-refractivity contribution < 1.29 is 18.4 Å². The molecule has 0 aliphatic heterocycles. The molecule has 0 fully saturated rings. The Morgan fingerprint density at radius 3 is 2.52 bits per heavy atom. The molecule has 2 amide bonds. The monoisotopic (exact) mass is 492 g/mol. The summed E-state index contributed by atoms with van der Waals surface area (Å²) in [4.78, 5) is 31.1. The molecule has 1 N–H and O–H groups in total. The van der Waals surface area contributed by atoms with E-state index >= 15 is 0 Å². The fourth-order valence-corrected chi connectivity index (χ4v) is 3.92. The van der Waals surface area contributed by atoms with Gasteiger partial charge in [-0.1, -0.05) is 29.8 Å². The predicted octanol–water partition coefficient (Wildman–Crippen LogP) is 4.68. The fraction of sp³-hybridized carbons (Fsp3) is 0.318. The minimum absolute atomic E-state index is 0.160. The molecular weight excluding hydrogens is 470 g/mol. The minimum atomic E-state index is -1.01. The lowest BCUT2D eigenvalue weighted by atomic mass is 10.0. The van der Waals surface area contributed by atoms with Crippen molar-refractivity contribution in [1.29, 1.82) is 0 Å². The summed E-state index contributed by atoms with van der Waals surface area (Å²) in [7, 11) is 1.53. The van der Waals surface area contributed by atoms with E-state index in [1.54, 1.807) is 6.07 Å². The Hall–Kier alpha value is -2.81. The Bertz CT molecular complexity index is 1150. The molecular formula is C22H23BrF2N4O2. The quantitative estimate of drug-likeness (QED) is 0.543. The van der Waals surface area contributed by atoms with Gasteiger partial charge in [0.2, 0.25) is 11.8 Å². The van der Waals surface area contributed by atoms with Crippen molar-refractivity contribution in [2.75, 3.05) is 18.9 Å². The second-order valence-electron chi connectivity index (χ2n) is 7.80. The standard InChI is InChI=1S/C22H23BrF2N4O2/c1-12(2)21(29-11-26-18-8-15(24)16(25)9-19(18)29)22(31)28(4)10-20(30)27-17-6-5-14(23)7-13(17)3/h5-9,11-12,21H,10H2,1-4H3,(H,27,30). The van der Waals surface area contributed by atoms with E-state index in [2.05, 4.69) is 26.2 Å². The summed E-state index contributed by atoms with van der Waals surface area (Å²) < 4.78 is 29.8. The van der Waals surface area contributed by atoms with Gasteiger partial charge in [-0.3, -0.25) is 9.59 Å². The molecule has 3 rings (SSSR count). The Kier molecular flexibility index (Phi) is 6.74. The van der Waals surface area contributed by atoms with Crippen LogP contribution in [0.5, 0.6) is 0 Å². The van der Waals surface area contributed by atoms with Gasteiger partial charge < -0.3 is 14.8 Å². The van der Waals surface area contributed by atoms with Crippen molar-refractivity contribution in [2.24, 2.45) is 5.92 Å². The summed E-state index contributed by atoms with van der Waals surface area (Å²) in [6.45, 7) is 5.39. The predicted molar refractivity (Wildman–Crippen MR) is 119 cm³/mol. The van der Waals surface area contributed by atoms with E-state index in [4.69, 9.17) is 0 Å². The third-order valence-electron chi connectivity index (χ3n) is 5.02. The van der Waals surface area contributed by atoms with E-state index in [9.17, 15) is 18.4 Å². The molecule has 0 saturated heterocycles. The van der Waals surface area contributed by atoms with Crippen molar-refractivity contribution >= 4 is 44.5 Å². The first-order chi connectivity index (χ1) is 14.6. The summed E-state index contributed by atoms with van der Waals surface area (Å²) in [5, 5.41) is 2.81. The number of anilines is 1. The van der Waals surface area contributed by atoms with E-state index in [-0.39, 0.29) is 29.8 Å². The summed E-state index contributed by atoms with van der Waals surface area (Å²) in [5.74, 6) is -2.87. The number of amides is 2. The van der Waals surface area contributed by atoms with Crippen molar-refractivity contribution in [3.8, 4) is 0 Å². The van der Waals surface area contributed by atoms with Crippen molar-refractivity contribution in [1.82, 2.24) is 14.5 Å². The van der Waals surface area contributed by atoms with E-state index in [1.165, 1.54) is 22.8 Å². The lowest BCUT2D eigenvalue weighted by molar-refractivity contribution is -0.137.